The fourth-order valence-electron chi connectivity index (χ4n) is 2.50. The van der Waals surface area contributed by atoms with Gasteiger partial charge in [0.2, 0.25) is 5.91 Å². The lowest BCUT2D eigenvalue weighted by atomic mass is 10.3. The van der Waals surface area contributed by atoms with Gasteiger partial charge in [-0.3, -0.25) is 4.79 Å². The molecule has 1 atom stereocenters. The maximum Gasteiger partial charge on any atom is 0.230 e. The van der Waals surface area contributed by atoms with Crippen molar-refractivity contribution in [2.24, 2.45) is 0 Å². The molecule has 1 amide bonds. The van der Waals surface area contributed by atoms with E-state index in [2.05, 4.69) is 5.16 Å². The van der Waals surface area contributed by atoms with Crippen LogP contribution in [0.15, 0.2) is 40.9 Å². The minimum atomic E-state index is 0.0605. The molecule has 1 fully saturated rings. The Labute approximate surface area is 123 Å². The molecule has 1 aromatic carbocycles. The number of amides is 1. The van der Waals surface area contributed by atoms with Crippen molar-refractivity contribution in [1.82, 2.24) is 10.1 Å². The molecule has 2 heterocycles. The van der Waals surface area contributed by atoms with Crippen LogP contribution in [0.25, 0.3) is 0 Å². The van der Waals surface area contributed by atoms with Crippen LogP contribution in [0, 0.1) is 6.92 Å². The van der Waals surface area contributed by atoms with Gasteiger partial charge in [0.25, 0.3) is 0 Å². The van der Waals surface area contributed by atoms with Crippen LogP contribution in [0.5, 0.6) is 5.75 Å². The summed E-state index contributed by atoms with van der Waals surface area (Å²) >= 11 is 0. The number of ether oxygens (including phenoxy) is 1. The van der Waals surface area contributed by atoms with Crippen LogP contribution in [0.3, 0.4) is 0 Å². The number of carbonyl (C=O) groups is 1. The van der Waals surface area contributed by atoms with Gasteiger partial charge in [-0.15, -0.1) is 0 Å². The van der Waals surface area contributed by atoms with E-state index in [1.807, 2.05) is 42.2 Å². The highest BCUT2D eigenvalue weighted by atomic mass is 16.5. The Bertz CT molecular complexity index is 609. The van der Waals surface area contributed by atoms with Gasteiger partial charge in [0.05, 0.1) is 18.7 Å². The number of aryl methyl sites for hydroxylation is 1. The Morgan fingerprint density at radius 1 is 1.43 bits per heavy atom. The van der Waals surface area contributed by atoms with Gasteiger partial charge in [-0.05, 0) is 19.1 Å². The number of carbonyl (C=O) groups excluding carboxylic acids is 1. The van der Waals surface area contributed by atoms with E-state index in [0.717, 1.165) is 24.4 Å². The molecule has 0 bridgehead atoms. The molecular formula is C16H18N2O3. The van der Waals surface area contributed by atoms with Gasteiger partial charge in [0, 0.05) is 19.0 Å². The summed E-state index contributed by atoms with van der Waals surface area (Å²) in [6, 6.07) is 11.5. The van der Waals surface area contributed by atoms with Crippen LogP contribution in [-0.4, -0.2) is 35.2 Å². The molecule has 1 saturated heterocycles. The molecule has 21 heavy (non-hydrogen) atoms. The van der Waals surface area contributed by atoms with Crippen molar-refractivity contribution in [2.45, 2.75) is 25.9 Å². The van der Waals surface area contributed by atoms with Crippen molar-refractivity contribution in [3.63, 3.8) is 0 Å². The molecule has 2 aromatic rings. The summed E-state index contributed by atoms with van der Waals surface area (Å²) in [6.07, 6.45) is 1.18. The number of hydrogen-bond donors (Lipinski definition) is 0. The first-order chi connectivity index (χ1) is 10.2. The van der Waals surface area contributed by atoms with Crippen molar-refractivity contribution >= 4 is 5.91 Å². The predicted molar refractivity (Wildman–Crippen MR) is 77.0 cm³/mol. The molecule has 0 unspecified atom stereocenters. The number of aromatic nitrogens is 1. The molecule has 1 aliphatic rings. The molecule has 0 spiro atoms. The average molecular weight is 286 g/mol. The summed E-state index contributed by atoms with van der Waals surface area (Å²) in [5, 5.41) is 3.80. The van der Waals surface area contributed by atoms with Crippen LogP contribution in [-0.2, 0) is 11.2 Å². The fraction of sp³-hybridized carbons (Fsp3) is 0.375. The van der Waals surface area contributed by atoms with E-state index in [-0.39, 0.29) is 18.4 Å². The van der Waals surface area contributed by atoms with Crippen LogP contribution < -0.4 is 4.74 Å². The highest BCUT2D eigenvalue weighted by Gasteiger charge is 2.28. The van der Waals surface area contributed by atoms with Crippen molar-refractivity contribution in [3.05, 3.63) is 47.9 Å². The van der Waals surface area contributed by atoms with Gasteiger partial charge in [-0.25, -0.2) is 0 Å². The maximum atomic E-state index is 12.2. The first-order valence-corrected chi connectivity index (χ1v) is 7.12. The minimum Gasteiger partial charge on any atom is -0.489 e. The molecule has 0 saturated carbocycles. The van der Waals surface area contributed by atoms with E-state index in [0.29, 0.717) is 12.3 Å². The number of rotatable bonds is 4. The van der Waals surface area contributed by atoms with Crippen molar-refractivity contribution in [2.75, 3.05) is 13.1 Å². The van der Waals surface area contributed by atoms with Gasteiger partial charge < -0.3 is 14.2 Å². The van der Waals surface area contributed by atoms with Crippen LogP contribution in [0.2, 0.25) is 0 Å². The smallest absolute Gasteiger partial charge is 0.230 e. The third-order valence-corrected chi connectivity index (χ3v) is 3.55. The van der Waals surface area contributed by atoms with Gasteiger partial charge in [0.1, 0.15) is 17.6 Å². The Morgan fingerprint density at radius 3 is 2.95 bits per heavy atom. The summed E-state index contributed by atoms with van der Waals surface area (Å²) < 4.78 is 11.0. The van der Waals surface area contributed by atoms with Gasteiger partial charge in [0.15, 0.2) is 0 Å². The number of likely N-dealkylation sites (tertiary alicyclic amines) is 1. The second kappa shape index (κ2) is 5.99. The van der Waals surface area contributed by atoms with Crippen molar-refractivity contribution in [3.8, 4) is 5.75 Å². The van der Waals surface area contributed by atoms with Gasteiger partial charge >= 0.3 is 0 Å². The summed E-state index contributed by atoms with van der Waals surface area (Å²) in [4.78, 5) is 14.0. The van der Waals surface area contributed by atoms with E-state index >= 15 is 0 Å². The van der Waals surface area contributed by atoms with E-state index in [1.165, 1.54) is 0 Å². The standard InChI is InChI=1S/C16H18N2O3/c1-12-9-15(21-17-12)10-16(19)18-8-7-14(11-18)20-13-5-3-2-4-6-13/h2-6,9,14H,7-8,10-11H2,1H3/t14-/m0/s1. The number of nitrogens with zero attached hydrogens (tertiary/aromatic N) is 2. The first-order valence-electron chi connectivity index (χ1n) is 7.12. The SMILES string of the molecule is Cc1cc(CC(=O)N2CC[C@H](Oc3ccccc3)C2)on1. The lowest BCUT2D eigenvalue weighted by Gasteiger charge is -2.16. The molecular weight excluding hydrogens is 268 g/mol. The third kappa shape index (κ3) is 3.42. The third-order valence-electron chi connectivity index (χ3n) is 3.55. The zero-order chi connectivity index (χ0) is 14.7. The van der Waals surface area contributed by atoms with Crippen LogP contribution in [0.4, 0.5) is 0 Å². The lowest BCUT2D eigenvalue weighted by molar-refractivity contribution is -0.130. The van der Waals surface area contributed by atoms with Gasteiger partial charge in [-0.2, -0.15) is 0 Å². The van der Waals surface area contributed by atoms with E-state index < -0.39 is 0 Å². The van der Waals surface area contributed by atoms with Crippen LogP contribution in [0.1, 0.15) is 17.9 Å². The lowest BCUT2D eigenvalue weighted by Crippen LogP contribution is -2.32. The zero-order valence-corrected chi connectivity index (χ0v) is 12.0. The monoisotopic (exact) mass is 286 g/mol. The molecule has 0 radical (unpaired) electrons. The minimum absolute atomic E-state index is 0.0605. The summed E-state index contributed by atoms with van der Waals surface area (Å²) in [5.74, 6) is 1.53. The van der Waals surface area contributed by atoms with E-state index in [1.54, 1.807) is 6.07 Å². The molecule has 1 aliphatic heterocycles. The van der Waals surface area contributed by atoms with E-state index in [4.69, 9.17) is 9.26 Å². The molecule has 0 N–H and O–H groups in total. The van der Waals surface area contributed by atoms with Crippen molar-refractivity contribution < 1.29 is 14.1 Å². The number of para-hydroxylation sites is 1. The quantitative estimate of drug-likeness (QED) is 0.864. The molecule has 0 aliphatic carbocycles. The fourth-order valence-corrected chi connectivity index (χ4v) is 2.50. The highest BCUT2D eigenvalue weighted by molar-refractivity contribution is 5.78. The van der Waals surface area contributed by atoms with Gasteiger partial charge in [-0.1, -0.05) is 23.4 Å². The van der Waals surface area contributed by atoms with Crippen LogP contribution >= 0.6 is 0 Å². The summed E-state index contributed by atoms with van der Waals surface area (Å²) in [5.41, 5.74) is 0.796. The molecule has 110 valence electrons. The highest BCUT2D eigenvalue weighted by Crippen LogP contribution is 2.18. The molecule has 5 nitrogen and oxygen atoms in total. The average Bonchev–Trinajstić information content (AvgIpc) is 3.09. The Kier molecular flexibility index (Phi) is 3.90. The second-order valence-corrected chi connectivity index (χ2v) is 5.29. The molecule has 1 aromatic heterocycles. The summed E-state index contributed by atoms with van der Waals surface area (Å²) in [7, 11) is 0. The predicted octanol–water partition coefficient (Wildman–Crippen LogP) is 2.21. The topological polar surface area (TPSA) is 55.6 Å². The summed E-state index contributed by atoms with van der Waals surface area (Å²) in [6.45, 7) is 3.20. The normalized spacial score (nSPS) is 18.0. The molecule has 3 rings (SSSR count). The Balaban J connectivity index is 1.53. The largest absolute Gasteiger partial charge is 0.489 e. The Morgan fingerprint density at radius 2 is 2.24 bits per heavy atom. The molecule has 5 heteroatoms. The number of hydrogen-bond acceptors (Lipinski definition) is 4. The van der Waals surface area contributed by atoms with E-state index in [9.17, 15) is 4.79 Å². The first kappa shape index (κ1) is 13.7. The van der Waals surface area contributed by atoms with Crippen molar-refractivity contribution in [1.29, 1.82) is 0 Å². The maximum absolute atomic E-state index is 12.2. The second-order valence-electron chi connectivity index (χ2n) is 5.29. The number of benzene rings is 1. The zero-order valence-electron chi connectivity index (χ0n) is 12.0. The Hall–Kier alpha value is -2.30.